The summed E-state index contributed by atoms with van der Waals surface area (Å²) in [5, 5.41) is 0. The first-order valence-electron chi connectivity index (χ1n) is 10.2. The predicted molar refractivity (Wildman–Crippen MR) is 96.8 cm³/mol. The molecular weight excluding hydrogens is 308 g/mol. The summed E-state index contributed by atoms with van der Waals surface area (Å²) in [7, 11) is 0. The zero-order valence-corrected chi connectivity index (χ0v) is 14.9. The van der Waals surface area contributed by atoms with Crippen LogP contribution in [0.5, 0.6) is 0 Å². The monoisotopic (exact) mass is 336 g/mol. The van der Waals surface area contributed by atoms with E-state index in [4.69, 9.17) is 5.73 Å². The molecule has 132 valence electrons. The van der Waals surface area contributed by atoms with Gasteiger partial charge >= 0.3 is 0 Å². The molecule has 1 aliphatic heterocycles. The number of nitrogens with two attached hydrogens (primary N) is 1. The molecule has 25 heavy (non-hydrogen) atoms. The molecular formula is C22H28N2O. The molecule has 1 spiro atoms. The van der Waals surface area contributed by atoms with E-state index in [1.165, 1.54) is 31.2 Å². The van der Waals surface area contributed by atoms with E-state index in [0.29, 0.717) is 22.8 Å². The van der Waals surface area contributed by atoms with Gasteiger partial charge in [-0.15, -0.1) is 0 Å². The van der Waals surface area contributed by atoms with Crippen LogP contribution in [0.4, 0.5) is 0 Å². The second-order valence-corrected chi connectivity index (χ2v) is 9.79. The number of nitrogens with zero attached hydrogens (tertiary/aromatic N) is 1. The Balaban J connectivity index is 1.37. The standard InChI is InChI=1S/C22H28N2O/c23-18-6-8-24(9-7-18)19(25)20-11-16-10-17-12-21(13-20,22(16,17)14-20)15-4-2-1-3-5-15/h1-5,16-18H,6-14,23H2. The Hall–Kier alpha value is -1.35. The lowest BCUT2D eigenvalue weighted by Crippen LogP contribution is -2.69. The molecule has 1 heterocycles. The summed E-state index contributed by atoms with van der Waals surface area (Å²) in [5.41, 5.74) is 8.30. The number of carbonyl (C=O) groups excluding carboxylic acids is 1. The fraction of sp³-hybridized carbons (Fsp3) is 0.682. The Bertz CT molecular complexity index is 740. The van der Waals surface area contributed by atoms with Crippen LogP contribution in [-0.2, 0) is 10.2 Å². The number of carbonyl (C=O) groups is 1. The minimum absolute atomic E-state index is 0.0623. The van der Waals surface area contributed by atoms with E-state index in [0.717, 1.165) is 44.2 Å². The highest BCUT2D eigenvalue weighted by atomic mass is 16.2. The molecule has 4 aliphatic carbocycles. The van der Waals surface area contributed by atoms with Gasteiger partial charge in [0, 0.05) is 24.5 Å². The van der Waals surface area contributed by atoms with Crippen LogP contribution in [0, 0.1) is 22.7 Å². The third kappa shape index (κ3) is 1.52. The fourth-order valence-electron chi connectivity index (χ4n) is 8.16. The smallest absolute Gasteiger partial charge is 0.228 e. The number of benzene rings is 1. The van der Waals surface area contributed by atoms with Gasteiger partial charge in [0.1, 0.15) is 0 Å². The topological polar surface area (TPSA) is 46.3 Å². The highest BCUT2D eigenvalue weighted by Crippen LogP contribution is 2.89. The molecule has 3 nitrogen and oxygen atoms in total. The van der Waals surface area contributed by atoms with E-state index in [9.17, 15) is 4.79 Å². The molecule has 5 atom stereocenters. The van der Waals surface area contributed by atoms with Crippen molar-refractivity contribution in [3.8, 4) is 0 Å². The van der Waals surface area contributed by atoms with Gasteiger partial charge in [-0.25, -0.2) is 0 Å². The van der Waals surface area contributed by atoms with Gasteiger partial charge in [0.2, 0.25) is 5.91 Å². The zero-order valence-electron chi connectivity index (χ0n) is 14.9. The van der Waals surface area contributed by atoms with Crippen molar-refractivity contribution in [1.82, 2.24) is 4.90 Å². The first-order chi connectivity index (χ1) is 12.1. The number of likely N-dealkylation sites (tertiary alicyclic amines) is 1. The van der Waals surface area contributed by atoms with E-state index in [-0.39, 0.29) is 5.41 Å². The lowest BCUT2D eigenvalue weighted by Gasteiger charge is -2.73. The Morgan fingerprint density at radius 2 is 1.76 bits per heavy atom. The number of rotatable bonds is 2. The maximum absolute atomic E-state index is 13.6. The van der Waals surface area contributed by atoms with Crippen LogP contribution in [0.2, 0.25) is 0 Å². The van der Waals surface area contributed by atoms with Crippen LogP contribution in [0.3, 0.4) is 0 Å². The molecule has 0 radical (unpaired) electrons. The first kappa shape index (κ1) is 14.8. The van der Waals surface area contributed by atoms with Gasteiger partial charge in [-0.1, -0.05) is 30.3 Å². The predicted octanol–water partition coefficient (Wildman–Crippen LogP) is 3.08. The summed E-state index contributed by atoms with van der Waals surface area (Å²) in [6.07, 6.45) is 8.11. The molecule has 1 saturated heterocycles. The minimum atomic E-state index is -0.0623. The first-order valence-corrected chi connectivity index (χ1v) is 10.2. The third-order valence-electron chi connectivity index (χ3n) is 9.03. The van der Waals surface area contributed by atoms with Gasteiger partial charge in [-0.05, 0) is 67.8 Å². The molecule has 2 N–H and O–H groups in total. The summed E-state index contributed by atoms with van der Waals surface area (Å²) >= 11 is 0. The highest BCUT2D eigenvalue weighted by molar-refractivity contribution is 5.85. The molecule has 2 bridgehead atoms. The fourth-order valence-corrected chi connectivity index (χ4v) is 8.16. The van der Waals surface area contributed by atoms with Crippen LogP contribution in [-0.4, -0.2) is 29.9 Å². The Labute approximate surface area is 150 Å². The van der Waals surface area contributed by atoms with E-state index in [2.05, 4.69) is 35.2 Å². The number of amides is 1. The SMILES string of the molecule is NC1CCN(C(=O)C23CC4CC5CC(c6ccccc6)(C2)C45C3)CC1. The van der Waals surface area contributed by atoms with Crippen molar-refractivity contribution in [1.29, 1.82) is 0 Å². The lowest BCUT2D eigenvalue weighted by atomic mass is 9.30. The number of fused-ring (bicyclic) bond motifs is 1. The average molecular weight is 336 g/mol. The molecule has 6 rings (SSSR count). The summed E-state index contributed by atoms with van der Waals surface area (Å²) < 4.78 is 0. The van der Waals surface area contributed by atoms with Gasteiger partial charge < -0.3 is 10.6 Å². The molecule has 5 aliphatic rings. The summed E-state index contributed by atoms with van der Waals surface area (Å²) in [6.45, 7) is 1.75. The highest BCUT2D eigenvalue weighted by Gasteiger charge is 2.85. The molecule has 3 heteroatoms. The third-order valence-corrected chi connectivity index (χ3v) is 9.03. The second-order valence-electron chi connectivity index (χ2n) is 9.79. The normalized spacial score (nSPS) is 47.2. The Kier molecular flexibility index (Phi) is 2.65. The largest absolute Gasteiger partial charge is 0.342 e. The quantitative estimate of drug-likeness (QED) is 0.902. The molecule has 4 saturated carbocycles. The van der Waals surface area contributed by atoms with Gasteiger partial charge in [0.05, 0.1) is 5.41 Å². The molecule has 1 aromatic rings. The average Bonchev–Trinajstić information content (AvgIpc) is 3.09. The molecule has 5 fully saturated rings. The van der Waals surface area contributed by atoms with Crippen LogP contribution in [0.1, 0.15) is 50.5 Å². The maximum atomic E-state index is 13.6. The lowest BCUT2D eigenvalue weighted by molar-refractivity contribution is -0.201. The van der Waals surface area contributed by atoms with Crippen LogP contribution in [0.25, 0.3) is 0 Å². The summed E-state index contributed by atoms with van der Waals surface area (Å²) in [6, 6.07) is 11.5. The van der Waals surface area contributed by atoms with Crippen molar-refractivity contribution in [2.75, 3.05) is 13.1 Å². The number of piperidine rings is 1. The van der Waals surface area contributed by atoms with Gasteiger partial charge in [0.25, 0.3) is 0 Å². The van der Waals surface area contributed by atoms with Crippen LogP contribution < -0.4 is 5.73 Å². The number of hydrogen-bond donors (Lipinski definition) is 1. The van der Waals surface area contributed by atoms with Crippen molar-refractivity contribution in [2.45, 2.75) is 56.4 Å². The maximum Gasteiger partial charge on any atom is 0.228 e. The van der Waals surface area contributed by atoms with E-state index >= 15 is 0 Å². The van der Waals surface area contributed by atoms with Gasteiger partial charge in [-0.2, -0.15) is 0 Å². The van der Waals surface area contributed by atoms with Crippen molar-refractivity contribution < 1.29 is 4.79 Å². The van der Waals surface area contributed by atoms with Crippen molar-refractivity contribution in [3.05, 3.63) is 35.9 Å². The summed E-state index contributed by atoms with van der Waals surface area (Å²) in [5.74, 6) is 2.17. The van der Waals surface area contributed by atoms with E-state index in [1.54, 1.807) is 0 Å². The number of hydrogen-bond acceptors (Lipinski definition) is 2. The van der Waals surface area contributed by atoms with Crippen molar-refractivity contribution >= 4 is 5.91 Å². The molecule has 5 unspecified atom stereocenters. The van der Waals surface area contributed by atoms with E-state index < -0.39 is 0 Å². The second kappa shape index (κ2) is 4.49. The molecule has 0 aromatic heterocycles. The summed E-state index contributed by atoms with van der Waals surface area (Å²) in [4.78, 5) is 15.8. The zero-order chi connectivity index (χ0) is 16.9. The molecule has 1 aromatic carbocycles. The van der Waals surface area contributed by atoms with Gasteiger partial charge in [0.15, 0.2) is 0 Å². The van der Waals surface area contributed by atoms with Gasteiger partial charge in [-0.3, -0.25) is 4.79 Å². The van der Waals surface area contributed by atoms with Crippen LogP contribution in [0.15, 0.2) is 30.3 Å². The molecule has 1 amide bonds. The Morgan fingerprint density at radius 1 is 1.04 bits per heavy atom. The minimum Gasteiger partial charge on any atom is -0.342 e. The Morgan fingerprint density at radius 3 is 2.48 bits per heavy atom. The van der Waals surface area contributed by atoms with Crippen molar-refractivity contribution in [3.63, 3.8) is 0 Å². The van der Waals surface area contributed by atoms with Crippen LogP contribution >= 0.6 is 0 Å². The van der Waals surface area contributed by atoms with Crippen molar-refractivity contribution in [2.24, 2.45) is 28.4 Å². The van der Waals surface area contributed by atoms with E-state index in [1.807, 2.05) is 0 Å².